The fourth-order valence-corrected chi connectivity index (χ4v) is 5.51. The predicted octanol–water partition coefficient (Wildman–Crippen LogP) is 3.45. The number of likely N-dealkylation sites (tertiary alicyclic amines) is 2. The number of halogens is 1. The molecule has 2 aromatic heterocycles. The zero-order valence-corrected chi connectivity index (χ0v) is 17.5. The van der Waals surface area contributed by atoms with Crippen molar-refractivity contribution in [3.63, 3.8) is 0 Å². The van der Waals surface area contributed by atoms with E-state index in [9.17, 15) is 14.0 Å². The lowest BCUT2D eigenvalue weighted by Crippen LogP contribution is -2.49. The Morgan fingerprint density at radius 3 is 2.61 bits per heavy atom. The molecule has 1 aromatic carbocycles. The summed E-state index contributed by atoms with van der Waals surface area (Å²) < 4.78 is 13.5. The second-order valence-electron chi connectivity index (χ2n) is 7.95. The first-order chi connectivity index (χ1) is 15.1. The van der Waals surface area contributed by atoms with Crippen molar-refractivity contribution in [3.8, 4) is 0 Å². The van der Waals surface area contributed by atoms with Crippen LogP contribution in [0.5, 0.6) is 0 Å². The van der Waals surface area contributed by atoms with E-state index in [1.165, 1.54) is 35.9 Å². The highest BCUT2D eigenvalue weighted by molar-refractivity contribution is 7.12. The Balaban J connectivity index is 1.44. The fraction of sp³-hybridized carbons (Fsp3) is 0.304. The third kappa shape index (κ3) is 3.72. The summed E-state index contributed by atoms with van der Waals surface area (Å²) >= 11 is 1.44. The van der Waals surface area contributed by atoms with E-state index in [4.69, 9.17) is 0 Å². The maximum atomic E-state index is 13.5. The molecule has 31 heavy (non-hydrogen) atoms. The number of benzene rings is 1. The molecule has 0 radical (unpaired) electrons. The van der Waals surface area contributed by atoms with Crippen LogP contribution in [-0.4, -0.2) is 57.3 Å². The van der Waals surface area contributed by atoms with Gasteiger partial charge in [-0.05, 0) is 35.6 Å². The van der Waals surface area contributed by atoms with Crippen molar-refractivity contribution in [1.29, 1.82) is 0 Å². The summed E-state index contributed by atoms with van der Waals surface area (Å²) in [6, 6.07) is 10.3. The van der Waals surface area contributed by atoms with E-state index < -0.39 is 0 Å². The Kier molecular flexibility index (Phi) is 5.23. The van der Waals surface area contributed by atoms with Crippen LogP contribution in [0.15, 0.2) is 60.4 Å². The van der Waals surface area contributed by atoms with Gasteiger partial charge in [-0.2, -0.15) is 0 Å². The summed E-state index contributed by atoms with van der Waals surface area (Å²) in [5, 5.41) is 1.90. The molecule has 3 aromatic rings. The van der Waals surface area contributed by atoms with E-state index in [0.717, 1.165) is 10.4 Å². The number of nitrogens with zero attached hydrogens (tertiary/aromatic N) is 4. The fourth-order valence-electron chi connectivity index (χ4n) is 4.83. The summed E-state index contributed by atoms with van der Waals surface area (Å²) in [4.78, 5) is 38.8. The van der Waals surface area contributed by atoms with Gasteiger partial charge in [0.1, 0.15) is 11.5 Å². The zero-order chi connectivity index (χ0) is 21.4. The van der Waals surface area contributed by atoms with Gasteiger partial charge in [0, 0.05) is 49.9 Å². The van der Waals surface area contributed by atoms with Gasteiger partial charge in [0.25, 0.3) is 11.8 Å². The number of fused-ring (bicyclic) bond motifs is 1. The number of aromatic nitrogens is 2. The van der Waals surface area contributed by atoms with Crippen LogP contribution in [0.25, 0.3) is 0 Å². The van der Waals surface area contributed by atoms with Gasteiger partial charge < -0.3 is 9.80 Å². The minimum absolute atomic E-state index is 0.0308. The van der Waals surface area contributed by atoms with Crippen molar-refractivity contribution >= 4 is 23.2 Å². The largest absolute Gasteiger partial charge is 0.337 e. The first-order valence-electron chi connectivity index (χ1n) is 10.3. The van der Waals surface area contributed by atoms with Gasteiger partial charge in [0.15, 0.2) is 0 Å². The minimum atomic E-state index is -0.284. The average Bonchev–Trinajstić information content (AvgIpc) is 3.47. The topological polar surface area (TPSA) is 66.4 Å². The Morgan fingerprint density at radius 2 is 1.90 bits per heavy atom. The van der Waals surface area contributed by atoms with Crippen LogP contribution >= 0.6 is 11.3 Å². The maximum absolute atomic E-state index is 13.5. The van der Waals surface area contributed by atoms with Gasteiger partial charge >= 0.3 is 0 Å². The lowest BCUT2D eigenvalue weighted by atomic mass is 9.81. The van der Waals surface area contributed by atoms with E-state index in [2.05, 4.69) is 9.97 Å². The molecule has 0 spiro atoms. The quantitative estimate of drug-likeness (QED) is 0.631. The molecular weight excluding hydrogens is 415 g/mol. The second-order valence-corrected chi connectivity index (χ2v) is 8.90. The molecular formula is C23H21FN4O2S. The van der Waals surface area contributed by atoms with Gasteiger partial charge in [-0.3, -0.25) is 14.6 Å². The maximum Gasteiger partial charge on any atom is 0.274 e. The van der Waals surface area contributed by atoms with Crippen LogP contribution in [0.3, 0.4) is 0 Å². The summed E-state index contributed by atoms with van der Waals surface area (Å²) in [5.41, 5.74) is 1.32. The number of rotatable bonds is 3. The van der Waals surface area contributed by atoms with E-state index in [-0.39, 0.29) is 35.5 Å². The molecule has 5 rings (SSSR count). The molecule has 6 nitrogen and oxygen atoms in total. The van der Waals surface area contributed by atoms with Crippen LogP contribution in [0.2, 0.25) is 0 Å². The predicted molar refractivity (Wildman–Crippen MR) is 114 cm³/mol. The monoisotopic (exact) mass is 436 g/mol. The van der Waals surface area contributed by atoms with Gasteiger partial charge in [0.05, 0.1) is 11.1 Å². The van der Waals surface area contributed by atoms with Gasteiger partial charge in [-0.1, -0.05) is 18.2 Å². The van der Waals surface area contributed by atoms with E-state index >= 15 is 0 Å². The molecule has 0 N–H and O–H groups in total. The Labute approximate surface area is 183 Å². The van der Waals surface area contributed by atoms with Gasteiger partial charge in [-0.25, -0.2) is 9.37 Å². The Morgan fingerprint density at radius 1 is 1.06 bits per heavy atom. The molecule has 2 amide bonds. The molecule has 3 atom stereocenters. The standard InChI is InChI=1S/C23H21FN4O2S/c24-16-5-3-15(4-6-16)17-14-28(23(30)21-2-1-11-31-21)20-7-10-27(13-18(17)20)22(29)19-12-25-8-9-26-19/h1-6,8-9,11-12,17-18,20H,7,10,13-14H2/t17-,18-,20-/m1/s1. The average molecular weight is 437 g/mol. The van der Waals surface area contributed by atoms with Crippen molar-refractivity contribution in [2.45, 2.75) is 18.4 Å². The molecule has 8 heteroatoms. The smallest absolute Gasteiger partial charge is 0.274 e. The number of hydrogen-bond donors (Lipinski definition) is 0. The van der Waals surface area contributed by atoms with Crippen LogP contribution in [0.1, 0.15) is 38.1 Å². The van der Waals surface area contributed by atoms with E-state index in [1.807, 2.05) is 22.4 Å². The molecule has 0 unspecified atom stereocenters. The first-order valence-corrected chi connectivity index (χ1v) is 11.1. The third-order valence-corrected chi connectivity index (χ3v) is 7.15. The normalized spacial score (nSPS) is 22.9. The summed E-state index contributed by atoms with van der Waals surface area (Å²) in [6.45, 7) is 1.64. The summed E-state index contributed by atoms with van der Waals surface area (Å²) in [5.74, 6) is -0.292. The van der Waals surface area contributed by atoms with Crippen molar-refractivity contribution in [1.82, 2.24) is 19.8 Å². The summed E-state index contributed by atoms with van der Waals surface area (Å²) in [7, 11) is 0. The van der Waals surface area contributed by atoms with E-state index in [1.54, 1.807) is 23.2 Å². The highest BCUT2D eigenvalue weighted by Crippen LogP contribution is 2.42. The number of carbonyl (C=O) groups is 2. The highest BCUT2D eigenvalue weighted by atomic mass is 32.1. The van der Waals surface area contributed by atoms with Crippen LogP contribution in [0.4, 0.5) is 4.39 Å². The van der Waals surface area contributed by atoms with Gasteiger partial charge in [-0.15, -0.1) is 11.3 Å². The first kappa shape index (κ1) is 19.8. The highest BCUT2D eigenvalue weighted by Gasteiger charge is 2.48. The minimum Gasteiger partial charge on any atom is -0.337 e. The molecule has 158 valence electrons. The summed E-state index contributed by atoms with van der Waals surface area (Å²) in [6.07, 6.45) is 5.23. The van der Waals surface area contributed by atoms with Crippen molar-refractivity contribution in [2.24, 2.45) is 5.92 Å². The Hall–Kier alpha value is -3.13. The third-order valence-electron chi connectivity index (χ3n) is 6.29. The van der Waals surface area contributed by atoms with Crippen molar-refractivity contribution < 1.29 is 14.0 Å². The van der Waals surface area contributed by atoms with Gasteiger partial charge in [0.2, 0.25) is 0 Å². The number of carbonyl (C=O) groups excluding carboxylic acids is 2. The molecule has 2 aliphatic heterocycles. The number of thiophene rings is 1. The molecule has 0 aliphatic carbocycles. The number of hydrogen-bond acceptors (Lipinski definition) is 5. The molecule has 0 saturated carbocycles. The van der Waals surface area contributed by atoms with E-state index in [0.29, 0.717) is 31.7 Å². The zero-order valence-electron chi connectivity index (χ0n) is 16.7. The number of piperidine rings is 1. The van der Waals surface area contributed by atoms with Crippen molar-refractivity contribution in [3.05, 3.63) is 82.3 Å². The van der Waals surface area contributed by atoms with Crippen LogP contribution in [0, 0.1) is 11.7 Å². The second kappa shape index (κ2) is 8.19. The molecule has 2 fully saturated rings. The number of amides is 2. The molecule has 2 aliphatic rings. The lowest BCUT2D eigenvalue weighted by Gasteiger charge is -2.38. The molecule has 0 bridgehead atoms. The lowest BCUT2D eigenvalue weighted by molar-refractivity contribution is 0.0532. The van der Waals surface area contributed by atoms with Crippen LogP contribution < -0.4 is 0 Å². The SMILES string of the molecule is O=C(c1cnccn1)N1CC[C@@H]2[C@H](C1)[C@@H](c1ccc(F)cc1)CN2C(=O)c1cccs1. The molecule has 2 saturated heterocycles. The molecule has 4 heterocycles. The Bertz CT molecular complexity index is 1070. The van der Waals surface area contributed by atoms with Crippen LogP contribution in [-0.2, 0) is 0 Å². The van der Waals surface area contributed by atoms with Crippen molar-refractivity contribution in [2.75, 3.05) is 19.6 Å².